The van der Waals surface area contributed by atoms with Gasteiger partial charge in [0.05, 0.1) is 0 Å². The average Bonchev–Trinajstić information content (AvgIpc) is 2.88. The molecular weight excluding hydrogens is 250 g/mol. The van der Waals surface area contributed by atoms with E-state index < -0.39 is 0 Å². The first-order valence-electron chi connectivity index (χ1n) is 7.09. The summed E-state index contributed by atoms with van der Waals surface area (Å²) in [4.78, 5) is 1.44. The molecule has 1 aliphatic rings. The van der Waals surface area contributed by atoms with Crippen molar-refractivity contribution in [2.75, 3.05) is 0 Å². The van der Waals surface area contributed by atoms with Crippen LogP contribution in [-0.4, -0.2) is 6.04 Å². The van der Waals surface area contributed by atoms with E-state index in [0.717, 1.165) is 5.92 Å². The monoisotopic (exact) mass is 271 g/mol. The third kappa shape index (κ3) is 2.75. The van der Waals surface area contributed by atoms with Gasteiger partial charge in [0.1, 0.15) is 0 Å². The van der Waals surface area contributed by atoms with Crippen molar-refractivity contribution < 1.29 is 0 Å². The summed E-state index contributed by atoms with van der Waals surface area (Å²) in [6, 6.07) is 14.3. The Labute approximate surface area is 119 Å². The van der Waals surface area contributed by atoms with Gasteiger partial charge >= 0.3 is 0 Å². The molecule has 1 heterocycles. The quantitative estimate of drug-likeness (QED) is 0.853. The van der Waals surface area contributed by atoms with E-state index in [2.05, 4.69) is 60.9 Å². The number of nitrogens with one attached hydrogen (secondary N) is 1. The number of aryl methyl sites for hydroxylation is 1. The van der Waals surface area contributed by atoms with Crippen molar-refractivity contribution in [3.8, 4) is 0 Å². The van der Waals surface area contributed by atoms with Crippen LogP contribution >= 0.6 is 11.3 Å². The zero-order valence-corrected chi connectivity index (χ0v) is 12.4. The fourth-order valence-corrected chi connectivity index (χ4v) is 3.77. The summed E-state index contributed by atoms with van der Waals surface area (Å²) in [7, 11) is 0. The van der Waals surface area contributed by atoms with Gasteiger partial charge in [0, 0.05) is 17.0 Å². The van der Waals surface area contributed by atoms with Gasteiger partial charge in [-0.1, -0.05) is 30.3 Å². The van der Waals surface area contributed by atoms with Crippen molar-refractivity contribution in [3.05, 3.63) is 57.8 Å². The second-order valence-electron chi connectivity index (χ2n) is 5.63. The van der Waals surface area contributed by atoms with Crippen molar-refractivity contribution in [2.45, 2.75) is 44.7 Å². The third-order valence-corrected chi connectivity index (χ3v) is 5.28. The maximum Gasteiger partial charge on any atom is 0.0388 e. The van der Waals surface area contributed by atoms with Crippen molar-refractivity contribution >= 4 is 11.3 Å². The Hall–Kier alpha value is -1.12. The topological polar surface area (TPSA) is 12.0 Å². The molecule has 1 aromatic heterocycles. The van der Waals surface area contributed by atoms with Gasteiger partial charge in [-0.15, -0.1) is 11.3 Å². The van der Waals surface area contributed by atoms with Gasteiger partial charge in [0.25, 0.3) is 0 Å². The van der Waals surface area contributed by atoms with Crippen LogP contribution in [0.25, 0.3) is 0 Å². The fraction of sp³-hybridized carbons (Fsp3) is 0.412. The second-order valence-corrected chi connectivity index (χ2v) is 6.60. The molecule has 0 unspecified atom stereocenters. The first kappa shape index (κ1) is 12.9. The van der Waals surface area contributed by atoms with E-state index in [4.69, 9.17) is 0 Å². The van der Waals surface area contributed by atoms with Gasteiger partial charge < -0.3 is 5.32 Å². The van der Waals surface area contributed by atoms with Crippen LogP contribution in [0.3, 0.4) is 0 Å². The molecule has 1 aromatic carbocycles. The van der Waals surface area contributed by atoms with Crippen LogP contribution in [-0.2, 0) is 0 Å². The van der Waals surface area contributed by atoms with E-state index >= 15 is 0 Å². The molecule has 1 N–H and O–H groups in total. The van der Waals surface area contributed by atoms with Crippen LogP contribution < -0.4 is 5.32 Å². The summed E-state index contributed by atoms with van der Waals surface area (Å²) in [6.45, 7) is 4.50. The lowest BCUT2D eigenvalue weighted by molar-refractivity contribution is 0.271. The molecule has 1 saturated carbocycles. The molecule has 100 valence electrons. The lowest BCUT2D eigenvalue weighted by Gasteiger charge is -2.38. The Morgan fingerprint density at radius 1 is 1.16 bits per heavy atom. The van der Waals surface area contributed by atoms with Gasteiger partial charge in [0.2, 0.25) is 0 Å². The first-order chi connectivity index (χ1) is 9.24. The predicted octanol–water partition coefficient (Wildman–Crippen LogP) is 4.65. The van der Waals surface area contributed by atoms with Gasteiger partial charge in [-0.3, -0.25) is 0 Å². The SMILES string of the molecule is Cc1ccccc1C1CC(N[C@H](C)c2cccs2)C1. The van der Waals surface area contributed by atoms with Crippen LogP contribution in [0.15, 0.2) is 41.8 Å². The molecule has 3 rings (SSSR count). The fourth-order valence-electron chi connectivity index (χ4n) is 3.03. The average molecular weight is 271 g/mol. The molecule has 0 radical (unpaired) electrons. The molecule has 0 amide bonds. The Morgan fingerprint density at radius 2 is 1.95 bits per heavy atom. The van der Waals surface area contributed by atoms with Gasteiger partial charge in [-0.25, -0.2) is 0 Å². The highest BCUT2D eigenvalue weighted by atomic mass is 32.1. The van der Waals surface area contributed by atoms with E-state index in [1.54, 1.807) is 5.56 Å². The van der Waals surface area contributed by atoms with E-state index in [-0.39, 0.29) is 0 Å². The largest absolute Gasteiger partial charge is 0.307 e. The van der Waals surface area contributed by atoms with Crippen LogP contribution in [0.1, 0.15) is 47.7 Å². The Morgan fingerprint density at radius 3 is 2.63 bits per heavy atom. The number of benzene rings is 1. The summed E-state index contributed by atoms with van der Waals surface area (Å²) in [6.07, 6.45) is 2.56. The van der Waals surface area contributed by atoms with E-state index in [1.165, 1.54) is 23.3 Å². The standard InChI is InChI=1S/C17H21NS/c1-12-6-3-4-7-16(12)14-10-15(11-14)18-13(2)17-8-5-9-19-17/h3-9,13-15,18H,10-11H2,1-2H3/t13-,14?,15?/m1/s1. The Balaban J connectivity index is 1.55. The van der Waals surface area contributed by atoms with Crippen molar-refractivity contribution in [1.29, 1.82) is 0 Å². The number of hydrogen-bond acceptors (Lipinski definition) is 2. The molecule has 2 heteroatoms. The molecule has 1 aliphatic carbocycles. The van der Waals surface area contributed by atoms with E-state index in [1.807, 2.05) is 11.3 Å². The number of hydrogen-bond donors (Lipinski definition) is 1. The van der Waals surface area contributed by atoms with Crippen LogP contribution in [0, 0.1) is 6.92 Å². The number of thiophene rings is 1. The third-order valence-electron chi connectivity index (χ3n) is 4.22. The highest BCUT2D eigenvalue weighted by Crippen LogP contribution is 2.39. The molecule has 1 nitrogen and oxygen atoms in total. The van der Waals surface area contributed by atoms with Crippen LogP contribution in [0.5, 0.6) is 0 Å². The Kier molecular flexibility index (Phi) is 3.72. The number of rotatable bonds is 4. The van der Waals surface area contributed by atoms with Crippen molar-refractivity contribution in [3.63, 3.8) is 0 Å². The molecule has 2 aromatic rings. The highest BCUT2D eigenvalue weighted by molar-refractivity contribution is 7.10. The van der Waals surface area contributed by atoms with Crippen LogP contribution in [0.4, 0.5) is 0 Å². The molecule has 1 fully saturated rings. The van der Waals surface area contributed by atoms with E-state index in [0.29, 0.717) is 12.1 Å². The summed E-state index contributed by atoms with van der Waals surface area (Å²) < 4.78 is 0. The second kappa shape index (κ2) is 5.48. The summed E-state index contributed by atoms with van der Waals surface area (Å²) >= 11 is 1.84. The minimum atomic E-state index is 0.489. The lowest BCUT2D eigenvalue weighted by Crippen LogP contribution is -2.41. The molecular formula is C17H21NS. The summed E-state index contributed by atoms with van der Waals surface area (Å²) in [5, 5.41) is 5.91. The molecule has 0 saturated heterocycles. The predicted molar refractivity (Wildman–Crippen MR) is 82.8 cm³/mol. The van der Waals surface area contributed by atoms with Crippen molar-refractivity contribution in [1.82, 2.24) is 5.32 Å². The normalized spacial score (nSPS) is 23.9. The maximum atomic E-state index is 3.75. The lowest BCUT2D eigenvalue weighted by atomic mass is 9.74. The van der Waals surface area contributed by atoms with Gasteiger partial charge in [-0.05, 0) is 55.2 Å². The van der Waals surface area contributed by atoms with Gasteiger partial charge in [-0.2, -0.15) is 0 Å². The highest BCUT2D eigenvalue weighted by Gasteiger charge is 2.31. The zero-order valence-electron chi connectivity index (χ0n) is 11.6. The molecule has 0 bridgehead atoms. The molecule has 0 spiro atoms. The minimum Gasteiger partial charge on any atom is -0.307 e. The smallest absolute Gasteiger partial charge is 0.0388 e. The summed E-state index contributed by atoms with van der Waals surface area (Å²) in [5.41, 5.74) is 2.99. The molecule has 1 atom stereocenters. The van der Waals surface area contributed by atoms with Crippen molar-refractivity contribution in [2.24, 2.45) is 0 Å². The molecule has 19 heavy (non-hydrogen) atoms. The van der Waals surface area contributed by atoms with E-state index in [9.17, 15) is 0 Å². The zero-order chi connectivity index (χ0) is 13.2. The first-order valence-corrected chi connectivity index (χ1v) is 7.97. The Bertz CT molecular complexity index is 526. The van der Waals surface area contributed by atoms with Gasteiger partial charge in [0.15, 0.2) is 0 Å². The maximum absolute atomic E-state index is 3.75. The summed E-state index contributed by atoms with van der Waals surface area (Å²) in [5.74, 6) is 0.759. The molecule has 0 aliphatic heterocycles. The van der Waals surface area contributed by atoms with Crippen LogP contribution in [0.2, 0.25) is 0 Å². The minimum absolute atomic E-state index is 0.489.